The van der Waals surface area contributed by atoms with E-state index in [4.69, 9.17) is 0 Å². The van der Waals surface area contributed by atoms with Gasteiger partial charge in [0.05, 0.1) is 0 Å². The Hall–Kier alpha value is -0.0800. The highest BCUT2D eigenvalue weighted by Crippen LogP contribution is 2.47. The zero-order valence-electron chi connectivity index (χ0n) is 8.10. The first-order valence-corrected chi connectivity index (χ1v) is 5.27. The van der Waals surface area contributed by atoms with E-state index in [-0.39, 0.29) is 0 Å². The van der Waals surface area contributed by atoms with Crippen LogP contribution in [0.4, 0.5) is 0 Å². The van der Waals surface area contributed by atoms with E-state index in [1.165, 1.54) is 45.2 Å². The van der Waals surface area contributed by atoms with Crippen LogP contribution in [0.15, 0.2) is 0 Å². The monoisotopic (exact) mass is 168 g/mol. The lowest BCUT2D eigenvalue weighted by Gasteiger charge is -2.36. The second-order valence-corrected chi connectivity index (χ2v) is 4.27. The van der Waals surface area contributed by atoms with Crippen LogP contribution in [-0.4, -0.2) is 37.1 Å². The molecule has 1 aliphatic carbocycles. The first kappa shape index (κ1) is 8.52. The number of hydrogen-bond donors (Lipinski definition) is 1. The molecule has 1 heterocycles. The van der Waals surface area contributed by atoms with Crippen LogP contribution in [0.25, 0.3) is 0 Å². The number of likely N-dealkylation sites (tertiary alicyclic amines) is 1. The van der Waals surface area contributed by atoms with Crippen LogP contribution in [0.2, 0.25) is 0 Å². The van der Waals surface area contributed by atoms with E-state index in [9.17, 15) is 0 Å². The largest absolute Gasteiger partial charge is 0.318 e. The van der Waals surface area contributed by atoms with Crippen LogP contribution < -0.4 is 5.32 Å². The second kappa shape index (κ2) is 3.35. The molecule has 1 spiro atoms. The number of piperidine rings is 1. The van der Waals surface area contributed by atoms with E-state index in [0.29, 0.717) is 5.54 Å². The summed E-state index contributed by atoms with van der Waals surface area (Å²) >= 11 is 0. The molecule has 2 fully saturated rings. The molecule has 2 rings (SSSR count). The minimum Gasteiger partial charge on any atom is -0.318 e. The molecule has 2 nitrogen and oxygen atoms in total. The van der Waals surface area contributed by atoms with Crippen LogP contribution in [-0.2, 0) is 0 Å². The van der Waals surface area contributed by atoms with E-state index in [1.54, 1.807) is 0 Å². The van der Waals surface area contributed by atoms with Crippen molar-refractivity contribution < 1.29 is 0 Å². The molecule has 0 aromatic rings. The van der Waals surface area contributed by atoms with Gasteiger partial charge in [-0.1, -0.05) is 6.42 Å². The summed E-state index contributed by atoms with van der Waals surface area (Å²) in [4.78, 5) is 2.72. The van der Waals surface area contributed by atoms with Crippen molar-refractivity contribution in [1.82, 2.24) is 10.2 Å². The maximum atomic E-state index is 3.24. The normalized spacial score (nSPS) is 27.8. The van der Waals surface area contributed by atoms with Gasteiger partial charge < -0.3 is 5.32 Å². The van der Waals surface area contributed by atoms with Crippen molar-refractivity contribution >= 4 is 0 Å². The Balaban J connectivity index is 1.84. The Labute approximate surface area is 75.3 Å². The topological polar surface area (TPSA) is 15.3 Å². The van der Waals surface area contributed by atoms with Gasteiger partial charge in [-0.15, -0.1) is 0 Å². The van der Waals surface area contributed by atoms with Crippen LogP contribution in [0.1, 0.15) is 32.1 Å². The van der Waals surface area contributed by atoms with Crippen LogP contribution >= 0.6 is 0 Å². The fourth-order valence-corrected chi connectivity index (χ4v) is 2.46. The average Bonchev–Trinajstić information content (AvgIpc) is 2.85. The van der Waals surface area contributed by atoms with Crippen LogP contribution in [0.5, 0.6) is 0 Å². The van der Waals surface area contributed by atoms with Gasteiger partial charge in [0.2, 0.25) is 0 Å². The maximum absolute atomic E-state index is 3.24. The maximum Gasteiger partial charge on any atom is 0.0211 e. The molecule has 70 valence electrons. The number of nitrogens with one attached hydrogen (secondary N) is 1. The molecule has 0 bridgehead atoms. The zero-order chi connectivity index (χ0) is 8.44. The minimum atomic E-state index is 0.690. The summed E-state index contributed by atoms with van der Waals surface area (Å²) in [5, 5.41) is 3.24. The molecular formula is C10H20N2. The van der Waals surface area contributed by atoms with Crippen LogP contribution in [0.3, 0.4) is 0 Å². The summed E-state index contributed by atoms with van der Waals surface area (Å²) in [6, 6.07) is 0. The van der Waals surface area contributed by atoms with Gasteiger partial charge in [-0.3, -0.25) is 4.90 Å². The summed E-state index contributed by atoms with van der Waals surface area (Å²) in [7, 11) is 2.05. The van der Waals surface area contributed by atoms with Gasteiger partial charge in [-0.25, -0.2) is 0 Å². The molecule has 12 heavy (non-hydrogen) atoms. The van der Waals surface area contributed by atoms with Crippen molar-refractivity contribution in [2.45, 2.75) is 37.6 Å². The summed E-state index contributed by atoms with van der Waals surface area (Å²) < 4.78 is 0. The summed E-state index contributed by atoms with van der Waals surface area (Å²) in [6.45, 7) is 3.76. The smallest absolute Gasteiger partial charge is 0.0211 e. The van der Waals surface area contributed by atoms with E-state index in [1.807, 2.05) is 7.05 Å². The lowest BCUT2D eigenvalue weighted by atomic mass is 10.0. The standard InChI is InChI=1S/C10H20N2/c1-11-7-9-12-8-3-2-4-10(12)5-6-10/h11H,2-9H2,1H3. The molecule has 2 heteroatoms. The Morgan fingerprint density at radius 1 is 1.25 bits per heavy atom. The molecule has 2 aliphatic rings. The fraction of sp³-hybridized carbons (Fsp3) is 1.00. The summed E-state index contributed by atoms with van der Waals surface area (Å²) in [6.07, 6.45) is 7.30. The van der Waals surface area contributed by atoms with Gasteiger partial charge in [-0.2, -0.15) is 0 Å². The first-order valence-electron chi connectivity index (χ1n) is 5.27. The SMILES string of the molecule is CNCCN1CCCCC12CC2. The Morgan fingerprint density at radius 2 is 2.08 bits per heavy atom. The number of likely N-dealkylation sites (N-methyl/N-ethyl adjacent to an activating group) is 1. The van der Waals surface area contributed by atoms with Crippen molar-refractivity contribution in [2.75, 3.05) is 26.7 Å². The highest BCUT2D eigenvalue weighted by atomic mass is 15.2. The third-order valence-electron chi connectivity index (χ3n) is 3.45. The predicted molar refractivity (Wildman–Crippen MR) is 51.3 cm³/mol. The number of hydrogen-bond acceptors (Lipinski definition) is 2. The quantitative estimate of drug-likeness (QED) is 0.681. The van der Waals surface area contributed by atoms with E-state index >= 15 is 0 Å². The van der Waals surface area contributed by atoms with Gasteiger partial charge in [0.1, 0.15) is 0 Å². The minimum absolute atomic E-state index is 0.690. The third kappa shape index (κ3) is 1.50. The molecular weight excluding hydrogens is 148 g/mol. The molecule has 0 radical (unpaired) electrons. The Morgan fingerprint density at radius 3 is 2.75 bits per heavy atom. The Bertz CT molecular complexity index is 152. The highest BCUT2D eigenvalue weighted by Gasteiger charge is 2.48. The highest BCUT2D eigenvalue weighted by molar-refractivity contribution is 5.05. The molecule has 0 amide bonds. The van der Waals surface area contributed by atoms with Crippen LogP contribution in [0, 0.1) is 0 Å². The van der Waals surface area contributed by atoms with E-state index < -0.39 is 0 Å². The molecule has 1 saturated heterocycles. The van der Waals surface area contributed by atoms with Crippen molar-refractivity contribution in [2.24, 2.45) is 0 Å². The zero-order valence-corrected chi connectivity index (χ0v) is 8.10. The average molecular weight is 168 g/mol. The predicted octanol–water partition coefficient (Wildman–Crippen LogP) is 1.22. The van der Waals surface area contributed by atoms with Gasteiger partial charge in [0.15, 0.2) is 0 Å². The van der Waals surface area contributed by atoms with Crippen molar-refractivity contribution in [3.8, 4) is 0 Å². The first-order chi connectivity index (χ1) is 5.87. The van der Waals surface area contributed by atoms with Crippen molar-refractivity contribution in [3.63, 3.8) is 0 Å². The van der Waals surface area contributed by atoms with Gasteiger partial charge in [-0.05, 0) is 39.3 Å². The number of rotatable bonds is 3. The molecule has 0 aromatic carbocycles. The van der Waals surface area contributed by atoms with Gasteiger partial charge >= 0.3 is 0 Å². The summed E-state index contributed by atoms with van der Waals surface area (Å²) in [5.41, 5.74) is 0.690. The van der Waals surface area contributed by atoms with Gasteiger partial charge in [0.25, 0.3) is 0 Å². The lowest BCUT2D eigenvalue weighted by molar-refractivity contribution is 0.131. The number of nitrogens with zero attached hydrogens (tertiary/aromatic N) is 1. The lowest BCUT2D eigenvalue weighted by Crippen LogP contribution is -2.44. The van der Waals surface area contributed by atoms with Gasteiger partial charge in [0, 0.05) is 18.6 Å². The van der Waals surface area contributed by atoms with Crippen molar-refractivity contribution in [1.29, 1.82) is 0 Å². The van der Waals surface area contributed by atoms with Crippen molar-refractivity contribution in [3.05, 3.63) is 0 Å². The molecule has 1 N–H and O–H groups in total. The Kier molecular flexibility index (Phi) is 2.37. The molecule has 1 saturated carbocycles. The molecule has 0 atom stereocenters. The molecule has 0 aromatic heterocycles. The molecule has 0 unspecified atom stereocenters. The fourth-order valence-electron chi connectivity index (χ4n) is 2.46. The summed E-state index contributed by atoms with van der Waals surface area (Å²) in [5.74, 6) is 0. The van der Waals surface area contributed by atoms with E-state index in [0.717, 1.165) is 6.54 Å². The van der Waals surface area contributed by atoms with E-state index in [2.05, 4.69) is 10.2 Å². The molecule has 1 aliphatic heterocycles. The third-order valence-corrected chi connectivity index (χ3v) is 3.45. The second-order valence-electron chi connectivity index (χ2n) is 4.27.